The number of aryl methyl sites for hydroxylation is 2. The first kappa shape index (κ1) is 14.7. The highest BCUT2D eigenvalue weighted by Gasteiger charge is 2.17. The van der Waals surface area contributed by atoms with Crippen LogP contribution in [-0.4, -0.2) is 5.78 Å². The fourth-order valence-electron chi connectivity index (χ4n) is 2.30. The number of rotatable bonds is 3. The molecule has 2 aromatic rings. The predicted molar refractivity (Wildman–Crippen MR) is 75.3 cm³/mol. The van der Waals surface area contributed by atoms with Crippen molar-refractivity contribution in [3.05, 3.63) is 69.2 Å². The SMILES string of the molecule is Cc1cc(F)cc(C)c1C(=O)Cc1c(F)cccc1Cl. The second kappa shape index (κ2) is 5.71. The minimum absolute atomic E-state index is 0.140. The summed E-state index contributed by atoms with van der Waals surface area (Å²) in [6, 6.07) is 6.88. The number of benzene rings is 2. The molecule has 0 aliphatic carbocycles. The van der Waals surface area contributed by atoms with Gasteiger partial charge in [-0.15, -0.1) is 0 Å². The van der Waals surface area contributed by atoms with E-state index in [1.54, 1.807) is 13.8 Å². The van der Waals surface area contributed by atoms with Gasteiger partial charge < -0.3 is 0 Å². The standard InChI is InChI=1S/C16H13ClF2O/c1-9-6-11(18)7-10(2)16(9)15(20)8-12-13(17)4-3-5-14(12)19/h3-7H,8H2,1-2H3. The number of carbonyl (C=O) groups is 1. The van der Waals surface area contributed by atoms with E-state index >= 15 is 0 Å². The van der Waals surface area contributed by atoms with Gasteiger partial charge in [-0.3, -0.25) is 4.79 Å². The fraction of sp³-hybridized carbons (Fsp3) is 0.188. The average molecular weight is 295 g/mol. The van der Waals surface area contributed by atoms with E-state index in [1.807, 2.05) is 0 Å². The van der Waals surface area contributed by atoms with Crippen LogP contribution in [0.15, 0.2) is 30.3 Å². The molecule has 0 atom stereocenters. The van der Waals surface area contributed by atoms with E-state index in [2.05, 4.69) is 0 Å². The number of Topliss-reactive ketones (excluding diaryl/α,β-unsaturated/α-hetero) is 1. The van der Waals surface area contributed by atoms with Crippen molar-refractivity contribution in [2.75, 3.05) is 0 Å². The Kier molecular flexibility index (Phi) is 4.19. The van der Waals surface area contributed by atoms with Crippen molar-refractivity contribution in [2.45, 2.75) is 20.3 Å². The van der Waals surface area contributed by atoms with Crippen LogP contribution in [0.2, 0.25) is 5.02 Å². The lowest BCUT2D eigenvalue weighted by molar-refractivity contribution is 0.0990. The van der Waals surface area contributed by atoms with Crippen LogP contribution in [0.3, 0.4) is 0 Å². The van der Waals surface area contributed by atoms with E-state index < -0.39 is 5.82 Å². The zero-order chi connectivity index (χ0) is 14.9. The molecule has 0 radical (unpaired) electrons. The molecule has 0 N–H and O–H groups in total. The highest BCUT2D eigenvalue weighted by molar-refractivity contribution is 6.31. The highest BCUT2D eigenvalue weighted by Crippen LogP contribution is 2.23. The van der Waals surface area contributed by atoms with Gasteiger partial charge in [0.15, 0.2) is 5.78 Å². The third kappa shape index (κ3) is 2.88. The molecule has 0 bridgehead atoms. The molecule has 0 saturated heterocycles. The Bertz CT molecular complexity index is 637. The van der Waals surface area contributed by atoms with Crippen molar-refractivity contribution in [1.29, 1.82) is 0 Å². The molecule has 0 spiro atoms. The summed E-state index contributed by atoms with van der Waals surface area (Å²) < 4.78 is 26.9. The zero-order valence-electron chi connectivity index (χ0n) is 11.1. The van der Waals surface area contributed by atoms with Gasteiger partial charge in [-0.05, 0) is 49.2 Å². The quantitative estimate of drug-likeness (QED) is 0.752. The molecule has 0 aromatic heterocycles. The van der Waals surface area contributed by atoms with Crippen LogP contribution >= 0.6 is 11.6 Å². The van der Waals surface area contributed by atoms with Gasteiger partial charge in [0.1, 0.15) is 11.6 Å². The van der Waals surface area contributed by atoms with Crippen LogP contribution in [-0.2, 0) is 6.42 Å². The monoisotopic (exact) mass is 294 g/mol. The number of hydrogen-bond donors (Lipinski definition) is 0. The highest BCUT2D eigenvalue weighted by atomic mass is 35.5. The molecule has 0 saturated carbocycles. The molecule has 0 aliphatic heterocycles. The zero-order valence-corrected chi connectivity index (χ0v) is 11.9. The second-order valence-electron chi connectivity index (χ2n) is 4.71. The van der Waals surface area contributed by atoms with Gasteiger partial charge in [0.25, 0.3) is 0 Å². The maximum Gasteiger partial charge on any atom is 0.167 e. The molecule has 0 heterocycles. The molecule has 2 rings (SSSR count). The van der Waals surface area contributed by atoms with Crippen LogP contribution < -0.4 is 0 Å². The summed E-state index contributed by atoms with van der Waals surface area (Å²) in [6.45, 7) is 3.32. The van der Waals surface area contributed by atoms with Gasteiger partial charge in [-0.1, -0.05) is 17.7 Å². The van der Waals surface area contributed by atoms with Crippen molar-refractivity contribution in [3.63, 3.8) is 0 Å². The van der Waals surface area contributed by atoms with Crippen LogP contribution in [0, 0.1) is 25.5 Å². The molecular formula is C16H13ClF2O. The summed E-state index contributed by atoms with van der Waals surface area (Å²) in [6.07, 6.45) is -0.140. The van der Waals surface area contributed by atoms with E-state index in [9.17, 15) is 13.6 Å². The van der Waals surface area contributed by atoms with E-state index in [4.69, 9.17) is 11.6 Å². The largest absolute Gasteiger partial charge is 0.294 e. The van der Waals surface area contributed by atoms with E-state index in [0.717, 1.165) is 0 Å². The summed E-state index contributed by atoms with van der Waals surface area (Å²) in [7, 11) is 0. The third-order valence-corrected chi connectivity index (χ3v) is 3.53. The molecule has 20 heavy (non-hydrogen) atoms. The summed E-state index contributed by atoms with van der Waals surface area (Å²) in [5.41, 5.74) is 1.67. The van der Waals surface area contributed by atoms with Gasteiger partial charge in [0.05, 0.1) is 0 Å². The summed E-state index contributed by atoms with van der Waals surface area (Å²) in [5.74, 6) is -1.17. The Morgan fingerprint density at radius 3 is 2.30 bits per heavy atom. The van der Waals surface area contributed by atoms with Crippen LogP contribution in [0.1, 0.15) is 27.0 Å². The number of ketones is 1. The van der Waals surface area contributed by atoms with Crippen molar-refractivity contribution in [2.24, 2.45) is 0 Å². The summed E-state index contributed by atoms with van der Waals surface area (Å²) >= 11 is 5.91. The Labute approximate surface area is 121 Å². The number of carbonyl (C=O) groups excluding carboxylic acids is 1. The summed E-state index contributed by atoms with van der Waals surface area (Å²) in [4.78, 5) is 12.3. The normalized spacial score (nSPS) is 10.7. The molecule has 0 amide bonds. The number of hydrogen-bond acceptors (Lipinski definition) is 1. The lowest BCUT2D eigenvalue weighted by Gasteiger charge is -2.10. The van der Waals surface area contributed by atoms with Gasteiger partial charge >= 0.3 is 0 Å². The van der Waals surface area contributed by atoms with Gasteiger partial charge in [0.2, 0.25) is 0 Å². The van der Waals surface area contributed by atoms with Crippen molar-refractivity contribution < 1.29 is 13.6 Å². The Morgan fingerprint density at radius 2 is 1.75 bits per heavy atom. The maximum atomic E-state index is 13.7. The molecule has 4 heteroatoms. The molecular weight excluding hydrogens is 282 g/mol. The van der Waals surface area contributed by atoms with Gasteiger partial charge in [-0.25, -0.2) is 8.78 Å². The first-order valence-electron chi connectivity index (χ1n) is 6.13. The van der Waals surface area contributed by atoms with E-state index in [0.29, 0.717) is 16.7 Å². The Morgan fingerprint density at radius 1 is 1.15 bits per heavy atom. The minimum Gasteiger partial charge on any atom is -0.294 e. The lowest BCUT2D eigenvalue weighted by atomic mass is 9.95. The molecule has 0 unspecified atom stereocenters. The van der Waals surface area contributed by atoms with Crippen molar-refractivity contribution >= 4 is 17.4 Å². The van der Waals surface area contributed by atoms with Crippen LogP contribution in [0.5, 0.6) is 0 Å². The van der Waals surface area contributed by atoms with Crippen molar-refractivity contribution in [3.8, 4) is 0 Å². The molecule has 0 aliphatic rings. The number of halogens is 3. The fourth-order valence-corrected chi connectivity index (χ4v) is 2.53. The molecule has 104 valence electrons. The maximum absolute atomic E-state index is 13.7. The van der Waals surface area contributed by atoms with Crippen LogP contribution in [0.25, 0.3) is 0 Å². The first-order valence-corrected chi connectivity index (χ1v) is 6.50. The molecule has 2 aromatic carbocycles. The predicted octanol–water partition coefficient (Wildman–Crippen LogP) is 4.66. The topological polar surface area (TPSA) is 17.1 Å². The van der Waals surface area contributed by atoms with Crippen molar-refractivity contribution in [1.82, 2.24) is 0 Å². The molecule has 0 fully saturated rings. The van der Waals surface area contributed by atoms with E-state index in [1.165, 1.54) is 30.3 Å². The van der Waals surface area contributed by atoms with E-state index in [-0.39, 0.29) is 28.6 Å². The van der Waals surface area contributed by atoms with Crippen LogP contribution in [0.4, 0.5) is 8.78 Å². The lowest BCUT2D eigenvalue weighted by Crippen LogP contribution is -2.10. The van der Waals surface area contributed by atoms with Gasteiger partial charge in [-0.2, -0.15) is 0 Å². The van der Waals surface area contributed by atoms with Gasteiger partial charge in [0, 0.05) is 22.6 Å². The first-order chi connectivity index (χ1) is 9.40. The Balaban J connectivity index is 2.39. The average Bonchev–Trinajstić information content (AvgIpc) is 2.32. The minimum atomic E-state index is -0.511. The Hall–Kier alpha value is -1.74. The smallest absolute Gasteiger partial charge is 0.167 e. The second-order valence-corrected chi connectivity index (χ2v) is 5.12. The third-order valence-electron chi connectivity index (χ3n) is 3.18. The molecule has 1 nitrogen and oxygen atoms in total. The summed E-state index contributed by atoms with van der Waals surface area (Å²) in [5, 5.41) is 0.218.